The number of carbonyl (C=O) groups excluding carboxylic acids is 1. The van der Waals surface area contributed by atoms with Crippen molar-refractivity contribution in [1.82, 2.24) is 0 Å². The molecule has 1 N–H and O–H groups in total. The third-order valence-corrected chi connectivity index (χ3v) is 9.58. The second kappa shape index (κ2) is 7.04. The molecule has 1 aromatic heterocycles. The van der Waals surface area contributed by atoms with Crippen LogP contribution in [0.5, 0.6) is 0 Å². The van der Waals surface area contributed by atoms with Gasteiger partial charge in [0.05, 0.1) is 6.10 Å². The summed E-state index contributed by atoms with van der Waals surface area (Å²) in [5.74, 6) is 2.79. The Bertz CT molecular complexity index is 817. The van der Waals surface area contributed by atoms with Crippen LogP contribution in [0.3, 0.4) is 0 Å². The zero-order valence-electron chi connectivity index (χ0n) is 18.0. The highest BCUT2D eigenvalue weighted by Gasteiger charge is 2.59. The van der Waals surface area contributed by atoms with Crippen molar-refractivity contribution >= 4 is 5.78 Å². The van der Waals surface area contributed by atoms with Gasteiger partial charge in [0.15, 0.2) is 12.4 Å². The molecule has 0 amide bonds. The first-order chi connectivity index (χ1) is 13.9. The van der Waals surface area contributed by atoms with E-state index in [0.717, 1.165) is 43.9 Å². The lowest BCUT2D eigenvalue weighted by molar-refractivity contribution is -0.684. The van der Waals surface area contributed by atoms with E-state index in [2.05, 4.69) is 19.9 Å². The fourth-order valence-electron chi connectivity index (χ4n) is 8.00. The third-order valence-electron chi connectivity index (χ3n) is 9.58. The van der Waals surface area contributed by atoms with Crippen LogP contribution in [-0.4, -0.2) is 17.0 Å². The monoisotopic (exact) mass is 394 g/mol. The van der Waals surface area contributed by atoms with Crippen LogP contribution in [-0.2, 0) is 11.3 Å². The Hall–Kier alpha value is -1.48. The number of ketones is 1. The standard InChI is InChI=1S/C26H36NO2/c1-25-12-10-19(28)16-18(25)6-7-20-21-8-9-23(26(21,2)13-11-22(20)25)24(29)17-27-14-4-3-5-15-27/h3-6,14-15,19-23,28H,7-13,16-17H2,1-2H3/q+1/t19-,20+,21-,22-,23+,25-,26+/m0/s1. The molecule has 29 heavy (non-hydrogen) atoms. The highest BCUT2D eigenvalue weighted by atomic mass is 16.3. The molecule has 1 aromatic rings. The first-order valence-corrected chi connectivity index (χ1v) is 11.8. The van der Waals surface area contributed by atoms with Gasteiger partial charge in [-0.3, -0.25) is 4.79 Å². The minimum atomic E-state index is -0.135. The van der Waals surface area contributed by atoms with Crippen LogP contribution in [0.4, 0.5) is 0 Å². The molecule has 0 aliphatic heterocycles. The highest BCUT2D eigenvalue weighted by Crippen LogP contribution is 2.66. The minimum absolute atomic E-state index is 0.135. The predicted molar refractivity (Wildman–Crippen MR) is 113 cm³/mol. The molecule has 7 atom stereocenters. The average Bonchev–Trinajstić information content (AvgIpc) is 3.06. The maximum Gasteiger partial charge on any atom is 0.206 e. The quantitative estimate of drug-likeness (QED) is 0.606. The van der Waals surface area contributed by atoms with Gasteiger partial charge < -0.3 is 5.11 Å². The van der Waals surface area contributed by atoms with Gasteiger partial charge in [0.2, 0.25) is 12.3 Å². The Labute approximate surface area is 175 Å². The first kappa shape index (κ1) is 19.5. The predicted octanol–water partition coefficient (Wildman–Crippen LogP) is 4.48. The molecule has 156 valence electrons. The molecule has 3 nitrogen and oxygen atoms in total. The number of hydrogen-bond donors (Lipinski definition) is 1. The molecule has 4 aliphatic rings. The molecule has 3 fully saturated rings. The van der Waals surface area contributed by atoms with Gasteiger partial charge in [-0.15, -0.1) is 0 Å². The highest BCUT2D eigenvalue weighted by molar-refractivity contribution is 5.81. The van der Waals surface area contributed by atoms with Gasteiger partial charge in [-0.25, -0.2) is 0 Å². The molecule has 0 spiro atoms. The molecule has 0 radical (unpaired) electrons. The molecule has 3 heteroatoms. The molecule has 0 bridgehead atoms. The van der Waals surface area contributed by atoms with Gasteiger partial charge in [0.25, 0.3) is 0 Å². The number of Topliss-reactive ketones (excluding diaryl/α,β-unsaturated/α-hetero) is 1. The Balaban J connectivity index is 1.38. The summed E-state index contributed by atoms with van der Waals surface area (Å²) in [5, 5.41) is 10.2. The summed E-state index contributed by atoms with van der Waals surface area (Å²) in [6.45, 7) is 5.43. The Morgan fingerprint density at radius 3 is 2.66 bits per heavy atom. The third kappa shape index (κ3) is 3.03. The maximum atomic E-state index is 13.3. The summed E-state index contributed by atoms with van der Waals surface area (Å²) >= 11 is 0. The molecule has 0 unspecified atom stereocenters. The normalized spacial score (nSPS) is 43.7. The molecule has 3 saturated carbocycles. The van der Waals surface area contributed by atoms with Crippen molar-refractivity contribution in [1.29, 1.82) is 0 Å². The van der Waals surface area contributed by atoms with Crippen molar-refractivity contribution in [2.24, 2.45) is 34.5 Å². The fraction of sp³-hybridized carbons (Fsp3) is 0.692. The van der Waals surface area contributed by atoms with E-state index in [1.54, 1.807) is 0 Å². The molecule has 5 rings (SSSR count). The Morgan fingerprint density at radius 2 is 1.86 bits per heavy atom. The van der Waals surface area contributed by atoms with Crippen LogP contribution in [0.15, 0.2) is 42.2 Å². The molecular formula is C26H36NO2+. The van der Waals surface area contributed by atoms with E-state index in [0.29, 0.717) is 18.2 Å². The molecule has 1 heterocycles. The lowest BCUT2D eigenvalue weighted by atomic mass is 9.47. The number of rotatable bonds is 3. The van der Waals surface area contributed by atoms with E-state index in [1.807, 2.05) is 35.2 Å². The number of nitrogens with zero attached hydrogens (tertiary/aromatic N) is 1. The number of aliphatic hydroxyl groups excluding tert-OH is 1. The fourth-order valence-corrected chi connectivity index (χ4v) is 8.00. The largest absolute Gasteiger partial charge is 0.393 e. The van der Waals surface area contributed by atoms with Gasteiger partial charge in [-0.2, -0.15) is 4.57 Å². The molecule has 0 aromatic carbocycles. The number of carbonyl (C=O) groups is 1. The average molecular weight is 395 g/mol. The summed E-state index contributed by atoms with van der Waals surface area (Å²) in [7, 11) is 0. The lowest BCUT2D eigenvalue weighted by Gasteiger charge is -2.57. The van der Waals surface area contributed by atoms with Crippen molar-refractivity contribution in [3.63, 3.8) is 0 Å². The number of aromatic nitrogens is 1. The van der Waals surface area contributed by atoms with E-state index in [9.17, 15) is 9.90 Å². The van der Waals surface area contributed by atoms with Crippen molar-refractivity contribution in [3.8, 4) is 0 Å². The topological polar surface area (TPSA) is 41.2 Å². The smallest absolute Gasteiger partial charge is 0.206 e. The second-order valence-electron chi connectivity index (χ2n) is 10.8. The van der Waals surface area contributed by atoms with Gasteiger partial charge in [0, 0.05) is 18.1 Å². The van der Waals surface area contributed by atoms with E-state index in [4.69, 9.17) is 0 Å². The van der Waals surface area contributed by atoms with Crippen LogP contribution >= 0.6 is 0 Å². The summed E-state index contributed by atoms with van der Waals surface area (Å²) in [4.78, 5) is 13.3. The van der Waals surface area contributed by atoms with Crippen molar-refractivity contribution in [3.05, 3.63) is 42.2 Å². The second-order valence-corrected chi connectivity index (χ2v) is 10.8. The number of pyridine rings is 1. The summed E-state index contributed by atoms with van der Waals surface area (Å²) < 4.78 is 2.04. The van der Waals surface area contributed by atoms with Crippen molar-refractivity contribution < 1.29 is 14.5 Å². The van der Waals surface area contributed by atoms with Crippen LogP contribution in [0, 0.1) is 34.5 Å². The van der Waals surface area contributed by atoms with Gasteiger partial charge >= 0.3 is 0 Å². The zero-order chi connectivity index (χ0) is 20.2. The van der Waals surface area contributed by atoms with E-state index in [1.165, 1.54) is 24.8 Å². The first-order valence-electron chi connectivity index (χ1n) is 11.8. The van der Waals surface area contributed by atoms with Crippen LogP contribution in [0.2, 0.25) is 0 Å². The van der Waals surface area contributed by atoms with Crippen LogP contribution < -0.4 is 4.57 Å². The Kier molecular flexibility index (Phi) is 4.73. The van der Waals surface area contributed by atoms with E-state index < -0.39 is 0 Å². The van der Waals surface area contributed by atoms with Crippen LogP contribution in [0.1, 0.15) is 65.2 Å². The minimum Gasteiger partial charge on any atom is -0.393 e. The lowest BCUT2D eigenvalue weighted by Crippen LogP contribution is -2.51. The maximum absolute atomic E-state index is 13.3. The number of fused-ring (bicyclic) bond motifs is 5. The summed E-state index contributed by atoms with van der Waals surface area (Å²) in [5.41, 5.74) is 1.99. The summed E-state index contributed by atoms with van der Waals surface area (Å²) in [6.07, 6.45) is 15.3. The van der Waals surface area contributed by atoms with E-state index in [-0.39, 0.29) is 22.9 Å². The number of allylic oxidation sites excluding steroid dienone is 1. The molecule has 4 aliphatic carbocycles. The molecule has 0 saturated heterocycles. The van der Waals surface area contributed by atoms with Gasteiger partial charge in [-0.1, -0.05) is 31.6 Å². The SMILES string of the molecule is C[C@@]12CC[C@H]3[C@H](CC=C4C[C@@H](O)CC[C@@]43C)[C@@H]1CC[C@@H]2C(=O)C[n+]1ccccc1. The Morgan fingerprint density at radius 1 is 1.07 bits per heavy atom. The van der Waals surface area contributed by atoms with Crippen molar-refractivity contribution in [2.45, 2.75) is 77.9 Å². The van der Waals surface area contributed by atoms with E-state index >= 15 is 0 Å². The van der Waals surface area contributed by atoms with Crippen molar-refractivity contribution in [2.75, 3.05) is 0 Å². The number of hydrogen-bond acceptors (Lipinski definition) is 2. The number of aliphatic hydroxyl groups is 1. The molecular weight excluding hydrogens is 358 g/mol. The van der Waals surface area contributed by atoms with Gasteiger partial charge in [-0.05, 0) is 80.0 Å². The van der Waals surface area contributed by atoms with Gasteiger partial charge in [0.1, 0.15) is 0 Å². The zero-order valence-corrected chi connectivity index (χ0v) is 18.0. The van der Waals surface area contributed by atoms with Crippen LogP contribution in [0.25, 0.3) is 0 Å². The summed E-state index contributed by atoms with van der Waals surface area (Å²) in [6, 6.07) is 6.02.